The fourth-order valence-electron chi connectivity index (χ4n) is 6.06. The van der Waals surface area contributed by atoms with Crippen LogP contribution in [-0.4, -0.2) is 69.5 Å². The Hall–Kier alpha value is -3.53. The standard InChI is InChI=1S/C35H34BrFN4O2S/c36-29-23-27(14-15-30(29)37)35-41(18-16-28-13-7-8-17-38-28)34(43)31(44-35)24-32(42)39-19-21-40(22-20-39)33(25-9-3-1-4-10-25)26-11-5-2-6-12-26/h1-15,17,23,31,33,35H,16,18-22,24H2. The van der Waals surface area contributed by atoms with E-state index in [-0.39, 0.29) is 35.5 Å². The summed E-state index contributed by atoms with van der Waals surface area (Å²) in [4.78, 5) is 37.9. The molecule has 3 heterocycles. The number of rotatable bonds is 9. The van der Waals surface area contributed by atoms with Crippen molar-refractivity contribution in [1.82, 2.24) is 19.7 Å². The molecule has 6 rings (SSSR count). The van der Waals surface area contributed by atoms with Crippen LogP contribution < -0.4 is 0 Å². The van der Waals surface area contributed by atoms with Crippen LogP contribution in [0.4, 0.5) is 4.39 Å². The van der Waals surface area contributed by atoms with Gasteiger partial charge in [0.25, 0.3) is 0 Å². The maximum absolute atomic E-state index is 14.1. The van der Waals surface area contributed by atoms with Crippen molar-refractivity contribution in [2.45, 2.75) is 29.5 Å². The molecule has 0 aliphatic carbocycles. The Kier molecular flexibility index (Phi) is 9.74. The zero-order chi connectivity index (χ0) is 30.5. The van der Waals surface area contributed by atoms with Gasteiger partial charge >= 0.3 is 0 Å². The van der Waals surface area contributed by atoms with Crippen LogP contribution in [0.1, 0.15) is 40.2 Å². The second kappa shape index (κ2) is 14.1. The van der Waals surface area contributed by atoms with Gasteiger partial charge in [-0.1, -0.05) is 72.8 Å². The molecule has 0 spiro atoms. The largest absolute Gasteiger partial charge is 0.340 e. The summed E-state index contributed by atoms with van der Waals surface area (Å²) in [6, 6.07) is 31.7. The maximum Gasteiger partial charge on any atom is 0.237 e. The molecule has 0 saturated carbocycles. The molecule has 9 heteroatoms. The van der Waals surface area contributed by atoms with E-state index in [1.165, 1.54) is 29.0 Å². The molecule has 2 atom stereocenters. The van der Waals surface area contributed by atoms with Crippen LogP contribution in [0, 0.1) is 5.82 Å². The molecule has 2 amide bonds. The topological polar surface area (TPSA) is 56.8 Å². The van der Waals surface area contributed by atoms with Crippen molar-refractivity contribution < 1.29 is 14.0 Å². The van der Waals surface area contributed by atoms with E-state index < -0.39 is 5.25 Å². The summed E-state index contributed by atoms with van der Waals surface area (Å²) in [6.07, 6.45) is 2.48. The zero-order valence-electron chi connectivity index (χ0n) is 24.3. The average Bonchev–Trinajstić information content (AvgIpc) is 3.37. The predicted molar refractivity (Wildman–Crippen MR) is 175 cm³/mol. The molecule has 1 aromatic heterocycles. The number of amides is 2. The highest BCUT2D eigenvalue weighted by molar-refractivity contribution is 9.10. The minimum absolute atomic E-state index is 0.00270. The fourth-order valence-corrected chi connectivity index (χ4v) is 7.92. The summed E-state index contributed by atoms with van der Waals surface area (Å²) in [5, 5.41) is -0.810. The lowest BCUT2D eigenvalue weighted by Crippen LogP contribution is -2.50. The molecule has 0 radical (unpaired) electrons. The number of carbonyl (C=O) groups excluding carboxylic acids is 2. The Bertz CT molecular complexity index is 1530. The Morgan fingerprint density at radius 2 is 1.57 bits per heavy atom. The van der Waals surface area contributed by atoms with Gasteiger partial charge in [-0.05, 0) is 56.9 Å². The number of hydrogen-bond acceptors (Lipinski definition) is 5. The van der Waals surface area contributed by atoms with Gasteiger partial charge in [0.2, 0.25) is 11.8 Å². The Labute approximate surface area is 270 Å². The molecule has 4 aromatic rings. The average molecular weight is 674 g/mol. The van der Waals surface area contributed by atoms with Crippen LogP contribution in [0.3, 0.4) is 0 Å². The fraction of sp³-hybridized carbons (Fsp3) is 0.286. The third kappa shape index (κ3) is 6.90. The van der Waals surface area contributed by atoms with Crippen LogP contribution >= 0.6 is 27.7 Å². The summed E-state index contributed by atoms with van der Waals surface area (Å²) >= 11 is 4.77. The van der Waals surface area contributed by atoms with Crippen LogP contribution in [-0.2, 0) is 16.0 Å². The van der Waals surface area contributed by atoms with Gasteiger partial charge in [-0.2, -0.15) is 0 Å². The van der Waals surface area contributed by atoms with Crippen molar-refractivity contribution >= 4 is 39.5 Å². The molecule has 2 aliphatic rings. The Morgan fingerprint density at radius 3 is 2.18 bits per heavy atom. The van der Waals surface area contributed by atoms with Gasteiger partial charge in [0.05, 0.1) is 15.8 Å². The van der Waals surface area contributed by atoms with E-state index >= 15 is 0 Å². The Balaban J connectivity index is 1.13. The molecular formula is C35H34BrFN4O2S. The second-order valence-corrected chi connectivity index (χ2v) is 13.2. The van der Waals surface area contributed by atoms with Crippen molar-refractivity contribution in [2.24, 2.45) is 0 Å². The molecular weight excluding hydrogens is 639 g/mol. The first-order valence-corrected chi connectivity index (χ1v) is 16.6. The first kappa shape index (κ1) is 30.5. The lowest BCUT2D eigenvalue weighted by atomic mass is 9.96. The number of piperazine rings is 1. The van der Waals surface area contributed by atoms with Gasteiger partial charge < -0.3 is 9.80 Å². The smallest absolute Gasteiger partial charge is 0.237 e. The highest BCUT2D eigenvalue weighted by Gasteiger charge is 2.42. The quantitative estimate of drug-likeness (QED) is 0.203. The monoisotopic (exact) mass is 672 g/mol. The molecule has 0 bridgehead atoms. The normalized spacial score (nSPS) is 19.1. The summed E-state index contributed by atoms with van der Waals surface area (Å²) in [5.41, 5.74) is 4.19. The highest BCUT2D eigenvalue weighted by Crippen LogP contribution is 2.45. The van der Waals surface area contributed by atoms with Gasteiger partial charge in [0.1, 0.15) is 11.2 Å². The zero-order valence-corrected chi connectivity index (χ0v) is 26.7. The molecule has 44 heavy (non-hydrogen) atoms. The van der Waals surface area contributed by atoms with Gasteiger partial charge in [-0.3, -0.25) is 19.5 Å². The minimum Gasteiger partial charge on any atom is -0.340 e. The van der Waals surface area contributed by atoms with Crippen LogP contribution in [0.5, 0.6) is 0 Å². The van der Waals surface area contributed by atoms with Crippen molar-refractivity contribution in [2.75, 3.05) is 32.7 Å². The van der Waals surface area contributed by atoms with Gasteiger partial charge in [-0.25, -0.2) is 4.39 Å². The van der Waals surface area contributed by atoms with Crippen molar-refractivity contribution in [1.29, 1.82) is 0 Å². The lowest BCUT2D eigenvalue weighted by Gasteiger charge is -2.40. The number of carbonyl (C=O) groups is 2. The summed E-state index contributed by atoms with van der Waals surface area (Å²) in [6.45, 7) is 3.17. The number of aromatic nitrogens is 1. The van der Waals surface area contributed by atoms with Gasteiger partial charge in [-0.15, -0.1) is 11.8 Å². The highest BCUT2D eigenvalue weighted by atomic mass is 79.9. The number of nitrogens with zero attached hydrogens (tertiary/aromatic N) is 4. The summed E-state index contributed by atoms with van der Waals surface area (Å²) < 4.78 is 14.4. The number of hydrogen-bond donors (Lipinski definition) is 0. The number of thioether (sulfide) groups is 1. The van der Waals surface area contributed by atoms with E-state index in [2.05, 4.69) is 74.3 Å². The molecule has 2 unspecified atom stereocenters. The van der Waals surface area contributed by atoms with E-state index in [9.17, 15) is 14.0 Å². The second-order valence-electron chi connectivity index (χ2n) is 11.1. The summed E-state index contributed by atoms with van der Waals surface area (Å²) in [7, 11) is 0. The maximum atomic E-state index is 14.1. The first-order valence-electron chi connectivity index (χ1n) is 14.9. The Morgan fingerprint density at radius 1 is 0.909 bits per heavy atom. The molecule has 0 N–H and O–H groups in total. The predicted octanol–water partition coefficient (Wildman–Crippen LogP) is 6.49. The van der Waals surface area contributed by atoms with Crippen molar-refractivity contribution in [3.05, 3.63) is 136 Å². The minimum atomic E-state index is -0.500. The third-order valence-corrected chi connectivity index (χ3v) is 10.4. The van der Waals surface area contributed by atoms with Crippen LogP contribution in [0.15, 0.2) is 108 Å². The molecule has 2 fully saturated rings. The first-order chi connectivity index (χ1) is 21.5. The molecule has 2 aliphatic heterocycles. The van der Waals surface area contributed by atoms with Gasteiger partial charge in [0, 0.05) is 57.5 Å². The van der Waals surface area contributed by atoms with Crippen molar-refractivity contribution in [3.63, 3.8) is 0 Å². The van der Waals surface area contributed by atoms with Crippen LogP contribution in [0.25, 0.3) is 0 Å². The number of pyridine rings is 1. The van der Waals surface area contributed by atoms with Gasteiger partial charge in [0.15, 0.2) is 0 Å². The van der Waals surface area contributed by atoms with E-state index in [4.69, 9.17) is 0 Å². The SMILES string of the molecule is O=C(CC1SC(c2ccc(F)c(Br)c2)N(CCc2ccccn2)C1=O)N1CCN(C(c2ccccc2)c2ccccc2)CC1. The summed E-state index contributed by atoms with van der Waals surface area (Å²) in [5.74, 6) is -0.413. The van der Waals surface area contributed by atoms with E-state index in [0.29, 0.717) is 30.5 Å². The van der Waals surface area contributed by atoms with E-state index in [1.54, 1.807) is 18.3 Å². The van der Waals surface area contributed by atoms with E-state index in [0.717, 1.165) is 24.3 Å². The lowest BCUT2D eigenvalue weighted by molar-refractivity contribution is -0.137. The number of benzene rings is 3. The van der Waals surface area contributed by atoms with Crippen LogP contribution in [0.2, 0.25) is 0 Å². The third-order valence-electron chi connectivity index (χ3n) is 8.32. The molecule has 226 valence electrons. The number of halogens is 2. The molecule has 6 nitrogen and oxygen atoms in total. The molecule has 3 aromatic carbocycles. The molecule has 2 saturated heterocycles. The van der Waals surface area contributed by atoms with E-state index in [1.807, 2.05) is 40.1 Å². The van der Waals surface area contributed by atoms with Crippen molar-refractivity contribution in [3.8, 4) is 0 Å².